The number of fused-ring (bicyclic) bond motifs is 1. The molecule has 0 N–H and O–H groups in total. The molecule has 3 rings (SSSR count). The van der Waals surface area contributed by atoms with Crippen molar-refractivity contribution in [3.05, 3.63) is 57.4 Å². The summed E-state index contributed by atoms with van der Waals surface area (Å²) in [5, 5.41) is 14.9. The van der Waals surface area contributed by atoms with Crippen molar-refractivity contribution in [2.75, 3.05) is 0 Å². The number of esters is 1. The van der Waals surface area contributed by atoms with Gasteiger partial charge in [-0.2, -0.15) is 4.98 Å². The molecule has 0 aliphatic carbocycles. The van der Waals surface area contributed by atoms with E-state index < -0.39 is 28.1 Å². The maximum Gasteiger partial charge on any atom is 0.383 e. The van der Waals surface area contributed by atoms with E-state index in [9.17, 15) is 19.3 Å². The number of ether oxygens (including phenoxy) is 1. The summed E-state index contributed by atoms with van der Waals surface area (Å²) in [7, 11) is 0. The molecule has 122 valence electrons. The molecule has 3 aromatic rings. The van der Waals surface area contributed by atoms with Crippen LogP contribution in [0.25, 0.3) is 5.78 Å². The van der Waals surface area contributed by atoms with Gasteiger partial charge in [0, 0.05) is 23.5 Å². The molecule has 1 aromatic carbocycles. The zero-order chi connectivity index (χ0) is 17.4. The number of nitro groups is 1. The molecule has 0 unspecified atom stereocenters. The Morgan fingerprint density at radius 3 is 2.75 bits per heavy atom. The third kappa shape index (κ3) is 2.76. The average Bonchev–Trinajstić information content (AvgIpc) is 2.91. The van der Waals surface area contributed by atoms with Crippen molar-refractivity contribution >= 4 is 17.4 Å². The number of halogens is 1. The summed E-state index contributed by atoms with van der Waals surface area (Å²) in [6, 6.07) is 4.30. The van der Waals surface area contributed by atoms with Gasteiger partial charge in [-0.15, -0.1) is 5.10 Å². The highest BCUT2D eigenvalue weighted by molar-refractivity contribution is 5.88. The highest BCUT2D eigenvalue weighted by Gasteiger charge is 2.23. The first-order valence-electron chi connectivity index (χ1n) is 6.72. The molecule has 0 radical (unpaired) electrons. The summed E-state index contributed by atoms with van der Waals surface area (Å²) < 4.78 is 19.5. The van der Waals surface area contributed by atoms with Crippen LogP contribution in [0.5, 0.6) is 5.75 Å². The van der Waals surface area contributed by atoms with Gasteiger partial charge in [0.05, 0.1) is 4.92 Å². The van der Waals surface area contributed by atoms with Gasteiger partial charge in [0.15, 0.2) is 0 Å². The molecule has 0 amide bonds. The predicted molar refractivity (Wildman–Crippen MR) is 78.3 cm³/mol. The quantitative estimate of drug-likeness (QED) is 0.312. The van der Waals surface area contributed by atoms with Gasteiger partial charge in [-0.25, -0.2) is 18.7 Å². The first-order valence-corrected chi connectivity index (χ1v) is 6.72. The summed E-state index contributed by atoms with van der Waals surface area (Å²) in [6.07, 6.45) is 0. The van der Waals surface area contributed by atoms with E-state index in [-0.39, 0.29) is 11.6 Å². The van der Waals surface area contributed by atoms with E-state index in [1.165, 1.54) is 4.52 Å². The molecule has 0 bridgehead atoms. The van der Waals surface area contributed by atoms with Crippen molar-refractivity contribution in [2.45, 2.75) is 13.8 Å². The van der Waals surface area contributed by atoms with Gasteiger partial charge < -0.3 is 4.74 Å². The van der Waals surface area contributed by atoms with E-state index in [4.69, 9.17) is 4.74 Å². The number of carbonyl (C=O) groups excluding carboxylic acids is 1. The van der Waals surface area contributed by atoms with Crippen LogP contribution < -0.4 is 4.74 Å². The zero-order valence-corrected chi connectivity index (χ0v) is 12.6. The number of rotatable bonds is 3. The lowest BCUT2D eigenvalue weighted by atomic mass is 10.3. The van der Waals surface area contributed by atoms with E-state index in [1.54, 1.807) is 19.9 Å². The molecule has 0 aliphatic heterocycles. The lowest BCUT2D eigenvalue weighted by molar-refractivity contribution is -0.385. The van der Waals surface area contributed by atoms with Crippen molar-refractivity contribution in [1.82, 2.24) is 19.6 Å². The van der Waals surface area contributed by atoms with E-state index in [2.05, 4.69) is 15.1 Å². The van der Waals surface area contributed by atoms with Crippen molar-refractivity contribution in [2.24, 2.45) is 0 Å². The fourth-order valence-electron chi connectivity index (χ4n) is 2.12. The molecule has 0 fully saturated rings. The summed E-state index contributed by atoms with van der Waals surface area (Å²) in [4.78, 5) is 30.3. The minimum atomic E-state index is -1.05. The highest BCUT2D eigenvalue weighted by atomic mass is 19.1. The summed E-state index contributed by atoms with van der Waals surface area (Å²) in [5.41, 5.74) is 0.840. The number of aryl methyl sites for hydroxylation is 2. The molecule has 0 aliphatic rings. The molecule has 0 saturated heterocycles. The predicted octanol–water partition coefficient (Wildman–Crippen LogP) is 2.01. The SMILES string of the molecule is Cc1cc(C)n2nc(C(=O)Oc3cc(F)ccc3[N+](=O)[O-])nc2n1. The smallest absolute Gasteiger partial charge is 0.383 e. The number of carbonyl (C=O) groups is 1. The minimum Gasteiger partial charge on any atom is -0.413 e. The Bertz CT molecular complexity index is 985. The first kappa shape index (κ1) is 15.5. The van der Waals surface area contributed by atoms with Crippen LogP contribution in [-0.2, 0) is 0 Å². The second-order valence-corrected chi connectivity index (χ2v) is 4.94. The fraction of sp³-hybridized carbons (Fsp3) is 0.143. The molecule has 24 heavy (non-hydrogen) atoms. The van der Waals surface area contributed by atoms with Gasteiger partial charge in [-0.05, 0) is 26.0 Å². The van der Waals surface area contributed by atoms with Crippen molar-refractivity contribution in [3.8, 4) is 5.75 Å². The van der Waals surface area contributed by atoms with E-state index >= 15 is 0 Å². The van der Waals surface area contributed by atoms with Crippen molar-refractivity contribution in [3.63, 3.8) is 0 Å². The summed E-state index contributed by atoms with van der Waals surface area (Å²) in [6.45, 7) is 3.51. The average molecular weight is 331 g/mol. The monoisotopic (exact) mass is 331 g/mol. The molecule has 2 heterocycles. The van der Waals surface area contributed by atoms with Crippen LogP contribution in [-0.4, -0.2) is 30.5 Å². The maximum absolute atomic E-state index is 13.3. The van der Waals surface area contributed by atoms with E-state index in [0.717, 1.165) is 18.2 Å². The van der Waals surface area contributed by atoms with Crippen LogP contribution in [0.15, 0.2) is 24.3 Å². The maximum atomic E-state index is 13.3. The number of hydrogen-bond donors (Lipinski definition) is 0. The van der Waals surface area contributed by atoms with Gasteiger partial charge in [0.1, 0.15) is 5.82 Å². The van der Waals surface area contributed by atoms with Gasteiger partial charge in [-0.1, -0.05) is 0 Å². The molecule has 0 saturated carbocycles. The van der Waals surface area contributed by atoms with Gasteiger partial charge in [0.25, 0.3) is 11.6 Å². The second-order valence-electron chi connectivity index (χ2n) is 4.94. The van der Waals surface area contributed by atoms with E-state index in [0.29, 0.717) is 11.4 Å². The Labute approximate surface area is 133 Å². The van der Waals surface area contributed by atoms with Crippen LogP contribution in [0.3, 0.4) is 0 Å². The number of aromatic nitrogens is 4. The molecule has 0 atom stereocenters. The van der Waals surface area contributed by atoms with Crippen molar-refractivity contribution in [1.29, 1.82) is 0 Å². The third-order valence-corrected chi connectivity index (χ3v) is 3.12. The number of nitro benzene ring substituents is 1. The minimum absolute atomic E-state index is 0.188. The zero-order valence-electron chi connectivity index (χ0n) is 12.6. The summed E-state index contributed by atoms with van der Waals surface area (Å²) >= 11 is 0. The van der Waals surface area contributed by atoms with Crippen LogP contribution in [0.2, 0.25) is 0 Å². The third-order valence-electron chi connectivity index (χ3n) is 3.12. The van der Waals surface area contributed by atoms with Crippen LogP contribution in [0.1, 0.15) is 22.0 Å². The number of hydrogen-bond acceptors (Lipinski definition) is 7. The Kier molecular flexibility index (Phi) is 3.64. The Morgan fingerprint density at radius 1 is 1.29 bits per heavy atom. The van der Waals surface area contributed by atoms with E-state index in [1.807, 2.05) is 0 Å². The van der Waals surface area contributed by atoms with Crippen LogP contribution >= 0.6 is 0 Å². The molecule has 2 aromatic heterocycles. The Balaban J connectivity index is 1.98. The lowest BCUT2D eigenvalue weighted by Crippen LogP contribution is -2.12. The largest absolute Gasteiger partial charge is 0.413 e. The first-order chi connectivity index (χ1) is 11.3. The Morgan fingerprint density at radius 2 is 2.04 bits per heavy atom. The molecule has 9 nitrogen and oxygen atoms in total. The Hall–Kier alpha value is -3.43. The fourth-order valence-corrected chi connectivity index (χ4v) is 2.12. The normalized spacial score (nSPS) is 10.8. The van der Waals surface area contributed by atoms with Crippen LogP contribution in [0, 0.1) is 29.8 Å². The molecule has 0 spiro atoms. The molecular weight excluding hydrogens is 321 g/mol. The van der Waals surface area contributed by atoms with Crippen LogP contribution in [0.4, 0.5) is 10.1 Å². The molecular formula is C14H10FN5O4. The van der Waals surface area contributed by atoms with Gasteiger partial charge >= 0.3 is 11.7 Å². The van der Waals surface area contributed by atoms with Gasteiger partial charge in [0.2, 0.25) is 5.75 Å². The topological polar surface area (TPSA) is 113 Å². The van der Waals surface area contributed by atoms with Gasteiger partial charge in [-0.3, -0.25) is 10.1 Å². The summed E-state index contributed by atoms with van der Waals surface area (Å²) in [5.74, 6) is -2.50. The number of nitrogens with zero attached hydrogens (tertiary/aromatic N) is 5. The standard InChI is InChI=1S/C14H10FN5O4/c1-7-5-8(2)19-14(16-7)17-12(18-19)13(21)24-11-6-9(15)3-4-10(11)20(22)23/h3-6H,1-2H3. The lowest BCUT2D eigenvalue weighted by Gasteiger charge is -2.02. The van der Waals surface area contributed by atoms with Crippen molar-refractivity contribution < 1.29 is 18.8 Å². The highest BCUT2D eigenvalue weighted by Crippen LogP contribution is 2.28. The number of benzene rings is 1. The second kappa shape index (κ2) is 5.65. The molecule has 10 heteroatoms.